The van der Waals surface area contributed by atoms with E-state index in [-0.39, 0.29) is 12.1 Å². The summed E-state index contributed by atoms with van der Waals surface area (Å²) in [6.45, 7) is 2.70. The van der Waals surface area contributed by atoms with Gasteiger partial charge in [0.15, 0.2) is 0 Å². The van der Waals surface area contributed by atoms with Gasteiger partial charge >= 0.3 is 0 Å². The van der Waals surface area contributed by atoms with E-state index < -0.39 is 0 Å². The van der Waals surface area contributed by atoms with Gasteiger partial charge in [-0.2, -0.15) is 0 Å². The summed E-state index contributed by atoms with van der Waals surface area (Å²) in [5, 5.41) is 0. The Morgan fingerprint density at radius 3 is 2.76 bits per heavy atom. The molecule has 1 heterocycles. The zero-order valence-electron chi connectivity index (χ0n) is 13.0. The van der Waals surface area contributed by atoms with Gasteiger partial charge < -0.3 is 9.47 Å². The van der Waals surface area contributed by atoms with E-state index in [0.29, 0.717) is 12.5 Å². The molecule has 0 spiro atoms. The summed E-state index contributed by atoms with van der Waals surface area (Å²) in [5.41, 5.74) is 3.73. The first-order chi connectivity index (χ1) is 10.3. The van der Waals surface area contributed by atoms with Gasteiger partial charge in [0.25, 0.3) is 0 Å². The molecule has 1 aromatic heterocycles. The third kappa shape index (κ3) is 3.93. The van der Waals surface area contributed by atoms with Gasteiger partial charge in [-0.3, -0.25) is 10.8 Å². The zero-order valence-corrected chi connectivity index (χ0v) is 13.0. The molecule has 21 heavy (non-hydrogen) atoms. The number of hydrogen-bond donors (Lipinski definition) is 2. The van der Waals surface area contributed by atoms with Crippen LogP contribution in [0.25, 0.3) is 0 Å². The van der Waals surface area contributed by atoms with Crippen molar-refractivity contribution in [1.29, 1.82) is 0 Å². The summed E-state index contributed by atoms with van der Waals surface area (Å²) in [5.74, 6) is 7.11. The molecule has 1 aromatic rings. The maximum Gasteiger partial charge on any atom is 0.142 e. The van der Waals surface area contributed by atoms with E-state index in [1.807, 2.05) is 19.1 Å². The molecular weight excluding hydrogens is 266 g/mol. The van der Waals surface area contributed by atoms with Gasteiger partial charge in [-0.15, -0.1) is 0 Å². The highest BCUT2D eigenvalue weighted by Gasteiger charge is 2.33. The molecule has 5 nitrogen and oxygen atoms in total. The van der Waals surface area contributed by atoms with E-state index in [4.69, 9.17) is 15.3 Å². The SMILES string of the molecule is CCOC(C1CCCCC1)C(NN)c1ncccc1OC. The second kappa shape index (κ2) is 8.32. The van der Waals surface area contributed by atoms with Gasteiger partial charge in [-0.25, -0.2) is 5.43 Å². The van der Waals surface area contributed by atoms with E-state index in [9.17, 15) is 0 Å². The van der Waals surface area contributed by atoms with Crippen molar-refractivity contribution in [3.63, 3.8) is 0 Å². The minimum absolute atomic E-state index is 0.0316. The number of hydrogen-bond acceptors (Lipinski definition) is 5. The second-order valence-corrected chi connectivity index (χ2v) is 5.55. The lowest BCUT2D eigenvalue weighted by atomic mass is 9.81. The van der Waals surface area contributed by atoms with Crippen LogP contribution >= 0.6 is 0 Å². The first kappa shape index (κ1) is 16.2. The molecule has 0 saturated heterocycles. The maximum atomic E-state index is 6.05. The smallest absolute Gasteiger partial charge is 0.142 e. The molecule has 1 saturated carbocycles. The predicted molar refractivity (Wildman–Crippen MR) is 82.8 cm³/mol. The summed E-state index contributed by atoms with van der Waals surface area (Å²) >= 11 is 0. The molecular formula is C16H27N3O2. The normalized spacial score (nSPS) is 19.2. The number of ether oxygens (including phenoxy) is 2. The van der Waals surface area contributed by atoms with Gasteiger partial charge in [0, 0.05) is 12.8 Å². The molecule has 0 aliphatic heterocycles. The summed E-state index contributed by atoms with van der Waals surface area (Å²) < 4.78 is 11.5. The standard InChI is InChI=1S/C16H27N3O2/c1-3-21-16(12-8-5-4-6-9-12)15(19-17)14-13(20-2)10-7-11-18-14/h7,10-12,15-16,19H,3-6,8-9,17H2,1-2H3. The van der Waals surface area contributed by atoms with E-state index >= 15 is 0 Å². The van der Waals surface area contributed by atoms with Crippen LogP contribution in [0.2, 0.25) is 0 Å². The largest absolute Gasteiger partial charge is 0.495 e. The fourth-order valence-electron chi connectivity index (χ4n) is 3.30. The van der Waals surface area contributed by atoms with Crippen molar-refractivity contribution in [2.75, 3.05) is 13.7 Å². The van der Waals surface area contributed by atoms with Crippen LogP contribution in [-0.4, -0.2) is 24.8 Å². The Morgan fingerprint density at radius 2 is 2.14 bits per heavy atom. The van der Waals surface area contributed by atoms with Gasteiger partial charge in [0.1, 0.15) is 11.4 Å². The Balaban J connectivity index is 2.25. The fourth-order valence-corrected chi connectivity index (χ4v) is 3.30. The number of aromatic nitrogens is 1. The number of rotatable bonds is 7. The number of hydrazine groups is 1. The van der Waals surface area contributed by atoms with Gasteiger partial charge in [-0.1, -0.05) is 19.3 Å². The van der Waals surface area contributed by atoms with E-state index in [0.717, 1.165) is 11.4 Å². The molecule has 118 valence electrons. The molecule has 2 rings (SSSR count). The van der Waals surface area contributed by atoms with Crippen molar-refractivity contribution in [2.24, 2.45) is 11.8 Å². The number of pyridine rings is 1. The summed E-state index contributed by atoms with van der Waals surface area (Å²) in [6, 6.07) is 3.63. The lowest BCUT2D eigenvalue weighted by Crippen LogP contribution is -2.43. The van der Waals surface area contributed by atoms with Crippen LogP contribution in [-0.2, 0) is 4.74 Å². The number of methoxy groups -OCH3 is 1. The van der Waals surface area contributed by atoms with E-state index in [1.54, 1.807) is 13.3 Å². The highest BCUT2D eigenvalue weighted by atomic mass is 16.5. The van der Waals surface area contributed by atoms with Crippen LogP contribution in [0.15, 0.2) is 18.3 Å². The molecule has 5 heteroatoms. The quantitative estimate of drug-likeness (QED) is 0.597. The molecule has 1 aliphatic rings. The van der Waals surface area contributed by atoms with Crippen LogP contribution in [0.4, 0.5) is 0 Å². The Labute approximate surface area is 127 Å². The fraction of sp³-hybridized carbons (Fsp3) is 0.688. The average Bonchev–Trinajstić information content (AvgIpc) is 2.56. The van der Waals surface area contributed by atoms with Crippen molar-refractivity contribution in [1.82, 2.24) is 10.4 Å². The highest BCUT2D eigenvalue weighted by Crippen LogP contribution is 2.35. The first-order valence-corrected chi connectivity index (χ1v) is 7.88. The highest BCUT2D eigenvalue weighted by molar-refractivity contribution is 5.30. The second-order valence-electron chi connectivity index (χ2n) is 5.55. The topological polar surface area (TPSA) is 69.4 Å². The molecule has 0 bridgehead atoms. The third-order valence-corrected chi connectivity index (χ3v) is 4.30. The van der Waals surface area contributed by atoms with Gasteiger partial charge in [0.05, 0.1) is 19.3 Å². The zero-order chi connectivity index (χ0) is 15.1. The molecule has 3 N–H and O–H groups in total. The molecule has 0 amide bonds. The summed E-state index contributed by atoms with van der Waals surface area (Å²) in [7, 11) is 1.66. The van der Waals surface area contributed by atoms with Crippen molar-refractivity contribution in [3.05, 3.63) is 24.0 Å². The lowest BCUT2D eigenvalue weighted by Gasteiger charge is -2.35. The summed E-state index contributed by atoms with van der Waals surface area (Å²) in [6.07, 6.45) is 8.05. The molecule has 0 aromatic carbocycles. The minimum atomic E-state index is -0.149. The monoisotopic (exact) mass is 293 g/mol. The Bertz CT molecular complexity index is 422. The molecule has 0 radical (unpaired) electrons. The minimum Gasteiger partial charge on any atom is -0.495 e. The lowest BCUT2D eigenvalue weighted by molar-refractivity contribution is -0.0198. The van der Waals surface area contributed by atoms with Crippen LogP contribution in [0.3, 0.4) is 0 Å². The van der Waals surface area contributed by atoms with Crippen molar-refractivity contribution in [3.8, 4) is 5.75 Å². The first-order valence-electron chi connectivity index (χ1n) is 7.88. The van der Waals surface area contributed by atoms with Crippen molar-refractivity contribution in [2.45, 2.75) is 51.2 Å². The number of nitrogens with one attached hydrogen (secondary N) is 1. The molecule has 2 unspecified atom stereocenters. The molecule has 1 fully saturated rings. The van der Waals surface area contributed by atoms with Crippen LogP contribution in [0.5, 0.6) is 5.75 Å². The van der Waals surface area contributed by atoms with Crippen LogP contribution in [0, 0.1) is 5.92 Å². The Kier molecular flexibility index (Phi) is 6.42. The predicted octanol–water partition coefficient (Wildman–Crippen LogP) is 2.58. The number of nitrogens with zero attached hydrogens (tertiary/aromatic N) is 1. The summed E-state index contributed by atoms with van der Waals surface area (Å²) in [4.78, 5) is 4.47. The Hall–Kier alpha value is -1.17. The van der Waals surface area contributed by atoms with Crippen molar-refractivity contribution < 1.29 is 9.47 Å². The van der Waals surface area contributed by atoms with Crippen LogP contribution < -0.4 is 16.0 Å². The molecule has 1 aliphatic carbocycles. The average molecular weight is 293 g/mol. The number of nitrogens with two attached hydrogens (primary N) is 1. The molecule has 2 atom stereocenters. The maximum absolute atomic E-state index is 6.05. The third-order valence-electron chi connectivity index (χ3n) is 4.30. The van der Waals surface area contributed by atoms with E-state index in [2.05, 4.69) is 10.4 Å². The van der Waals surface area contributed by atoms with E-state index in [1.165, 1.54) is 32.1 Å². The van der Waals surface area contributed by atoms with Gasteiger partial charge in [-0.05, 0) is 37.8 Å². The van der Waals surface area contributed by atoms with Gasteiger partial charge in [0.2, 0.25) is 0 Å². The Morgan fingerprint density at radius 1 is 1.38 bits per heavy atom. The van der Waals surface area contributed by atoms with Crippen molar-refractivity contribution >= 4 is 0 Å². The van der Waals surface area contributed by atoms with Crippen LogP contribution in [0.1, 0.15) is 50.8 Å².